The van der Waals surface area contributed by atoms with E-state index < -0.39 is 14.5 Å². The van der Waals surface area contributed by atoms with Crippen LogP contribution in [0.5, 0.6) is 0 Å². The van der Waals surface area contributed by atoms with Gasteiger partial charge in [0, 0.05) is 10.3 Å². The summed E-state index contributed by atoms with van der Waals surface area (Å²) in [5.74, 6) is 0.741. The van der Waals surface area contributed by atoms with Crippen molar-refractivity contribution < 1.29 is 3.79 Å². The van der Waals surface area contributed by atoms with Gasteiger partial charge in [-0.15, -0.1) is 15.9 Å². The van der Waals surface area contributed by atoms with E-state index in [1.54, 1.807) is 0 Å². The second kappa shape index (κ2) is 4.87. The van der Waals surface area contributed by atoms with Crippen LogP contribution < -0.4 is 0 Å². The lowest BCUT2D eigenvalue weighted by atomic mass is 10.3. The quantitative estimate of drug-likeness (QED) is 0.528. The smallest absolute Gasteiger partial charge is 0.475 e. The Morgan fingerprint density at radius 1 is 1.36 bits per heavy atom. The third-order valence-electron chi connectivity index (χ3n) is 2.21. The molecule has 1 heterocycles. The van der Waals surface area contributed by atoms with Gasteiger partial charge in [0.05, 0.1) is 0 Å². The molecule has 64 valence electrons. The molecule has 0 aliphatic carbocycles. The van der Waals surface area contributed by atoms with Gasteiger partial charge in [-0.3, -0.25) is 0 Å². The number of halogens is 1. The van der Waals surface area contributed by atoms with E-state index in [2.05, 4.69) is 29.8 Å². The number of rotatable bonds is 2. The van der Waals surface area contributed by atoms with Gasteiger partial charge in [-0.1, -0.05) is 25.6 Å². The molecule has 1 saturated heterocycles. The minimum Gasteiger partial charge on any atom is -0.500 e. The van der Waals surface area contributed by atoms with Gasteiger partial charge < -0.3 is 3.79 Å². The molecule has 1 unspecified atom stereocenters. The first-order chi connectivity index (χ1) is 5.22. The van der Waals surface area contributed by atoms with Gasteiger partial charge in [-0.2, -0.15) is 0 Å². The molecule has 0 amide bonds. The maximum Gasteiger partial charge on any atom is 0.475 e. The van der Waals surface area contributed by atoms with Crippen LogP contribution in [-0.2, 0) is 3.79 Å². The van der Waals surface area contributed by atoms with E-state index in [0.717, 1.165) is 12.5 Å². The second-order valence-electron chi connectivity index (χ2n) is 3.59. The summed E-state index contributed by atoms with van der Waals surface area (Å²) >= 11 is 2.88. The van der Waals surface area contributed by atoms with E-state index in [4.69, 9.17) is 3.79 Å². The van der Waals surface area contributed by atoms with Crippen LogP contribution in [0.4, 0.5) is 0 Å². The largest absolute Gasteiger partial charge is 0.500 e. The van der Waals surface area contributed by atoms with E-state index in [1.807, 2.05) is 0 Å². The van der Waals surface area contributed by atoms with Crippen molar-refractivity contribution in [3.8, 4) is 0 Å². The Kier molecular flexibility index (Phi) is 4.45. The van der Waals surface area contributed by atoms with Gasteiger partial charge in [-0.05, 0) is 12.3 Å². The standard InChI is InChI=1S/C4H8Br.C4H8O.Al/c1-4(2)3-5;1-2-3-4-5;/h3-4H,1-2H3;1-4H2;/q;-1;+1. The summed E-state index contributed by atoms with van der Waals surface area (Å²) in [4.78, 5) is 0. The molecule has 0 N–H and O–H groups in total. The molecule has 0 aromatic heterocycles. The lowest BCUT2D eigenvalue weighted by molar-refractivity contribution is 0.282. The first-order valence-electron chi connectivity index (χ1n) is 4.47. The van der Waals surface area contributed by atoms with E-state index >= 15 is 0 Å². The zero-order chi connectivity index (χ0) is 8.27. The van der Waals surface area contributed by atoms with Crippen LogP contribution in [-0.4, -0.2) is 24.8 Å². The predicted molar refractivity (Wildman–Crippen MR) is 53.3 cm³/mol. The fourth-order valence-corrected chi connectivity index (χ4v) is 5.38. The molecular weight excluding hydrogens is 219 g/mol. The number of hydrogen-bond donors (Lipinski definition) is 0. The van der Waals surface area contributed by atoms with Crippen LogP contribution >= 0.6 is 15.9 Å². The Hall–Kier alpha value is 0.972. The SMILES string of the molecule is CC(C)[CH](Br)[Al]1[CH2]CCC[O]1. The Balaban J connectivity index is 2.32. The van der Waals surface area contributed by atoms with E-state index in [9.17, 15) is 0 Å². The van der Waals surface area contributed by atoms with Crippen molar-refractivity contribution in [1.82, 2.24) is 0 Å². The zero-order valence-corrected chi connectivity index (χ0v) is 10.1. The van der Waals surface area contributed by atoms with Crippen molar-refractivity contribution in [2.45, 2.75) is 35.7 Å². The van der Waals surface area contributed by atoms with Gasteiger partial charge in [0.1, 0.15) is 0 Å². The minimum absolute atomic E-state index is 0.683. The molecular formula is C8H16AlBrO. The highest BCUT2D eigenvalue weighted by Gasteiger charge is 2.33. The molecule has 0 saturated carbocycles. The summed E-state index contributed by atoms with van der Waals surface area (Å²) in [7, 11) is 0. The average Bonchev–Trinajstić information content (AvgIpc) is 2.05. The average molecular weight is 235 g/mol. The van der Waals surface area contributed by atoms with Crippen molar-refractivity contribution in [3.63, 3.8) is 0 Å². The molecule has 0 radical (unpaired) electrons. The van der Waals surface area contributed by atoms with Crippen molar-refractivity contribution in [1.29, 1.82) is 0 Å². The zero-order valence-electron chi connectivity index (χ0n) is 7.35. The fourth-order valence-electron chi connectivity index (χ4n) is 1.45. The molecule has 0 aromatic carbocycles. The number of alkyl halides is 1. The first kappa shape index (κ1) is 10.1. The van der Waals surface area contributed by atoms with Gasteiger partial charge >= 0.3 is 14.5 Å². The molecule has 1 atom stereocenters. The summed E-state index contributed by atoms with van der Waals surface area (Å²) in [6.07, 6.45) is 2.67. The highest BCUT2D eigenvalue weighted by Crippen LogP contribution is 2.23. The van der Waals surface area contributed by atoms with Crippen molar-refractivity contribution in [2.24, 2.45) is 5.92 Å². The summed E-state index contributed by atoms with van der Waals surface area (Å²) in [6.45, 7) is 5.56. The fraction of sp³-hybridized carbons (Fsp3) is 1.00. The molecule has 0 spiro atoms. The third kappa shape index (κ3) is 3.07. The van der Waals surface area contributed by atoms with Crippen molar-refractivity contribution in [3.05, 3.63) is 0 Å². The highest BCUT2D eigenvalue weighted by atomic mass is 79.9. The molecule has 0 aromatic rings. The molecule has 1 rings (SSSR count). The Morgan fingerprint density at radius 2 is 2.09 bits per heavy atom. The van der Waals surface area contributed by atoms with Gasteiger partial charge in [0.2, 0.25) is 0 Å². The summed E-state index contributed by atoms with van der Waals surface area (Å²) in [6, 6.07) is 0. The molecule has 11 heavy (non-hydrogen) atoms. The Morgan fingerprint density at radius 3 is 2.55 bits per heavy atom. The highest BCUT2D eigenvalue weighted by molar-refractivity contribution is 9.10. The summed E-state index contributed by atoms with van der Waals surface area (Å²) in [5.41, 5.74) is 0. The van der Waals surface area contributed by atoms with E-state index in [-0.39, 0.29) is 0 Å². The third-order valence-corrected chi connectivity index (χ3v) is 8.15. The normalized spacial score (nSPS) is 22.4. The molecule has 1 fully saturated rings. The van der Waals surface area contributed by atoms with Gasteiger partial charge in [0.25, 0.3) is 0 Å². The molecule has 3 heteroatoms. The summed E-state index contributed by atoms with van der Waals surface area (Å²) in [5, 5.41) is 1.37. The maximum absolute atomic E-state index is 5.79. The van der Waals surface area contributed by atoms with Crippen molar-refractivity contribution >= 4 is 30.4 Å². The Labute approximate surface area is 82.4 Å². The van der Waals surface area contributed by atoms with E-state index in [1.165, 1.54) is 18.1 Å². The molecule has 0 bridgehead atoms. The van der Waals surface area contributed by atoms with Crippen LogP contribution in [0.1, 0.15) is 26.7 Å². The van der Waals surface area contributed by atoms with E-state index in [0.29, 0.717) is 3.69 Å². The topological polar surface area (TPSA) is 9.23 Å². The molecule has 1 nitrogen and oxygen atoms in total. The van der Waals surface area contributed by atoms with Gasteiger partial charge in [0.15, 0.2) is 0 Å². The second-order valence-corrected chi connectivity index (χ2v) is 8.33. The van der Waals surface area contributed by atoms with Crippen LogP contribution in [0, 0.1) is 5.92 Å². The first-order valence-corrected chi connectivity index (χ1v) is 7.34. The number of hydrogen-bond acceptors (Lipinski definition) is 1. The van der Waals surface area contributed by atoms with Crippen LogP contribution in [0.15, 0.2) is 0 Å². The predicted octanol–water partition coefficient (Wildman–Crippen LogP) is 2.75. The Bertz CT molecular complexity index is 113. The lowest BCUT2D eigenvalue weighted by Crippen LogP contribution is -2.36. The minimum atomic E-state index is -0.861. The molecule has 1 aliphatic heterocycles. The molecule has 1 aliphatic rings. The summed E-state index contributed by atoms with van der Waals surface area (Å²) < 4.78 is 6.48. The lowest BCUT2D eigenvalue weighted by Gasteiger charge is -2.24. The maximum atomic E-state index is 5.79. The monoisotopic (exact) mass is 234 g/mol. The van der Waals surface area contributed by atoms with Crippen LogP contribution in [0.25, 0.3) is 0 Å². The van der Waals surface area contributed by atoms with Crippen LogP contribution in [0.2, 0.25) is 5.28 Å². The van der Waals surface area contributed by atoms with Crippen molar-refractivity contribution in [2.75, 3.05) is 6.61 Å². The van der Waals surface area contributed by atoms with Crippen LogP contribution in [0.3, 0.4) is 0 Å². The van der Waals surface area contributed by atoms with Gasteiger partial charge in [-0.25, -0.2) is 0 Å².